The minimum absolute atomic E-state index is 0.0890. The highest BCUT2D eigenvalue weighted by atomic mass is 16.5. The number of hydrogen-bond acceptors (Lipinski definition) is 9. The molecule has 0 fully saturated rings. The maximum Gasteiger partial charge on any atom is 0.343 e. The first-order valence-corrected chi connectivity index (χ1v) is 10.6. The maximum atomic E-state index is 12.5. The largest absolute Gasteiger partial charge is 0.462 e. The Morgan fingerprint density at radius 3 is 2.91 bits per heavy atom. The van der Waals surface area contributed by atoms with E-state index >= 15 is 0 Å². The average molecular weight is 448 g/mol. The standard InChI is InChI=1S/C23H24N6O4/c1-2-33-22(32)17-12-26-23(27-15-6-7-16-14(11-15)8-10-25-21(16)31)29-20(17)28-19(13-30)18-5-3-4-9-24-18/h3-7,9,11-12,19,30H,2,8,10,13H2,1H3,(H,25,31)(H2,26,27,28,29). The van der Waals surface area contributed by atoms with Gasteiger partial charge in [-0.15, -0.1) is 0 Å². The molecule has 0 saturated heterocycles. The summed E-state index contributed by atoms with van der Waals surface area (Å²) in [5, 5.41) is 18.9. The van der Waals surface area contributed by atoms with Gasteiger partial charge in [0.05, 0.1) is 24.9 Å². The summed E-state index contributed by atoms with van der Waals surface area (Å²) in [4.78, 5) is 37.4. The summed E-state index contributed by atoms with van der Waals surface area (Å²) >= 11 is 0. The number of pyridine rings is 1. The third kappa shape index (κ3) is 5.07. The molecule has 1 aliphatic rings. The van der Waals surface area contributed by atoms with Crippen molar-refractivity contribution in [1.82, 2.24) is 20.3 Å². The minimum atomic E-state index is -0.593. The van der Waals surface area contributed by atoms with E-state index in [4.69, 9.17) is 4.74 Å². The zero-order valence-corrected chi connectivity index (χ0v) is 18.0. The molecule has 0 bridgehead atoms. The lowest BCUT2D eigenvalue weighted by Gasteiger charge is -2.19. The second kappa shape index (κ2) is 10.0. The molecule has 1 aliphatic heterocycles. The molecule has 33 heavy (non-hydrogen) atoms. The van der Waals surface area contributed by atoms with Crippen molar-refractivity contribution in [2.45, 2.75) is 19.4 Å². The van der Waals surface area contributed by atoms with Crippen molar-refractivity contribution in [3.63, 3.8) is 0 Å². The van der Waals surface area contributed by atoms with Gasteiger partial charge in [-0.25, -0.2) is 9.78 Å². The number of anilines is 3. The summed E-state index contributed by atoms with van der Waals surface area (Å²) in [6.45, 7) is 2.23. The summed E-state index contributed by atoms with van der Waals surface area (Å²) in [5.74, 6) is -0.227. The highest BCUT2D eigenvalue weighted by Gasteiger charge is 2.21. The lowest BCUT2D eigenvalue weighted by Crippen LogP contribution is -2.31. The second-order valence-electron chi connectivity index (χ2n) is 7.31. The van der Waals surface area contributed by atoms with Crippen LogP contribution in [0.2, 0.25) is 0 Å². The molecule has 0 spiro atoms. The van der Waals surface area contributed by atoms with Crippen molar-refractivity contribution in [1.29, 1.82) is 0 Å². The molecule has 4 N–H and O–H groups in total. The van der Waals surface area contributed by atoms with Gasteiger partial charge >= 0.3 is 5.97 Å². The third-order valence-corrected chi connectivity index (χ3v) is 5.11. The first-order valence-electron chi connectivity index (χ1n) is 10.6. The number of benzene rings is 1. The van der Waals surface area contributed by atoms with E-state index in [0.29, 0.717) is 23.5 Å². The number of nitrogens with one attached hydrogen (secondary N) is 3. The van der Waals surface area contributed by atoms with E-state index in [-0.39, 0.29) is 36.5 Å². The number of ether oxygens (including phenoxy) is 1. The van der Waals surface area contributed by atoms with Crippen LogP contribution in [0.15, 0.2) is 48.8 Å². The first kappa shape index (κ1) is 22.2. The average Bonchev–Trinajstić information content (AvgIpc) is 2.83. The Kier molecular flexibility index (Phi) is 6.75. The van der Waals surface area contributed by atoms with Crippen molar-refractivity contribution in [2.75, 3.05) is 30.4 Å². The Hall–Kier alpha value is -4.05. The molecule has 0 aliphatic carbocycles. The Morgan fingerprint density at radius 1 is 1.27 bits per heavy atom. The summed E-state index contributed by atoms with van der Waals surface area (Å²) in [6.07, 6.45) is 3.72. The fraction of sp³-hybridized carbons (Fsp3) is 0.261. The molecule has 170 valence electrons. The minimum Gasteiger partial charge on any atom is -0.462 e. The lowest BCUT2D eigenvalue weighted by atomic mass is 10.00. The van der Waals surface area contributed by atoms with E-state index in [2.05, 4.69) is 30.9 Å². The topological polar surface area (TPSA) is 138 Å². The molecule has 1 amide bonds. The van der Waals surface area contributed by atoms with Crippen LogP contribution in [0.3, 0.4) is 0 Å². The number of amides is 1. The van der Waals surface area contributed by atoms with Crippen LogP contribution in [-0.4, -0.2) is 51.7 Å². The molecule has 0 radical (unpaired) electrons. The Balaban J connectivity index is 1.63. The number of nitrogens with zero attached hydrogens (tertiary/aromatic N) is 3. The van der Waals surface area contributed by atoms with Crippen molar-refractivity contribution in [2.24, 2.45) is 0 Å². The van der Waals surface area contributed by atoms with Gasteiger partial charge in [0.2, 0.25) is 5.95 Å². The quantitative estimate of drug-likeness (QED) is 0.382. The number of aliphatic hydroxyl groups excluding tert-OH is 1. The number of aromatic nitrogens is 3. The van der Waals surface area contributed by atoms with Crippen LogP contribution in [0.1, 0.15) is 44.9 Å². The number of aliphatic hydroxyl groups is 1. The number of rotatable bonds is 8. The van der Waals surface area contributed by atoms with Gasteiger partial charge in [0.1, 0.15) is 11.4 Å². The number of carbonyl (C=O) groups excluding carboxylic acids is 2. The molecule has 1 aromatic carbocycles. The molecule has 2 aromatic heterocycles. The third-order valence-electron chi connectivity index (χ3n) is 5.11. The van der Waals surface area contributed by atoms with Crippen LogP contribution < -0.4 is 16.0 Å². The van der Waals surface area contributed by atoms with Crippen LogP contribution in [0.5, 0.6) is 0 Å². The molecule has 0 saturated carbocycles. The van der Waals surface area contributed by atoms with Gasteiger partial charge in [-0.05, 0) is 49.2 Å². The lowest BCUT2D eigenvalue weighted by molar-refractivity contribution is 0.0526. The van der Waals surface area contributed by atoms with Crippen LogP contribution in [0, 0.1) is 0 Å². The van der Waals surface area contributed by atoms with Gasteiger partial charge in [0.25, 0.3) is 5.91 Å². The zero-order chi connectivity index (χ0) is 23.2. The number of carbonyl (C=O) groups is 2. The predicted molar refractivity (Wildman–Crippen MR) is 121 cm³/mol. The van der Waals surface area contributed by atoms with Crippen LogP contribution in [0.4, 0.5) is 17.5 Å². The second-order valence-corrected chi connectivity index (χ2v) is 7.31. The van der Waals surface area contributed by atoms with E-state index in [1.54, 1.807) is 37.4 Å². The summed E-state index contributed by atoms with van der Waals surface area (Å²) in [6, 6.07) is 10.2. The molecule has 1 unspecified atom stereocenters. The summed E-state index contributed by atoms with van der Waals surface area (Å²) in [7, 11) is 0. The fourth-order valence-corrected chi connectivity index (χ4v) is 3.51. The van der Waals surface area contributed by atoms with Gasteiger partial charge in [0.15, 0.2) is 0 Å². The molecule has 4 rings (SSSR count). The normalized spacial score (nSPS) is 13.5. The van der Waals surface area contributed by atoms with Crippen molar-refractivity contribution in [3.8, 4) is 0 Å². The Bertz CT molecular complexity index is 1150. The molecule has 10 nitrogen and oxygen atoms in total. The molecule has 3 heterocycles. The predicted octanol–water partition coefficient (Wildman–Crippen LogP) is 2.22. The molecular weight excluding hydrogens is 424 g/mol. The highest BCUT2D eigenvalue weighted by molar-refractivity contribution is 5.97. The zero-order valence-electron chi connectivity index (χ0n) is 18.0. The smallest absolute Gasteiger partial charge is 0.343 e. The van der Waals surface area contributed by atoms with Crippen molar-refractivity contribution >= 4 is 29.3 Å². The SMILES string of the molecule is CCOC(=O)c1cnc(Nc2ccc3c(c2)CCNC3=O)nc1NC(CO)c1ccccn1. The van der Waals surface area contributed by atoms with E-state index in [9.17, 15) is 14.7 Å². The monoisotopic (exact) mass is 448 g/mol. The first-order chi connectivity index (χ1) is 16.1. The molecule has 3 aromatic rings. The van der Waals surface area contributed by atoms with Gasteiger partial charge < -0.3 is 25.8 Å². The van der Waals surface area contributed by atoms with Crippen LogP contribution >= 0.6 is 0 Å². The molecular formula is C23H24N6O4. The Labute approximate surface area is 190 Å². The van der Waals surface area contributed by atoms with Crippen LogP contribution in [-0.2, 0) is 11.2 Å². The van der Waals surface area contributed by atoms with Crippen molar-refractivity contribution < 1.29 is 19.4 Å². The number of hydrogen-bond donors (Lipinski definition) is 4. The van der Waals surface area contributed by atoms with Gasteiger partial charge in [0, 0.05) is 30.2 Å². The van der Waals surface area contributed by atoms with E-state index in [0.717, 1.165) is 12.0 Å². The van der Waals surface area contributed by atoms with Gasteiger partial charge in [-0.1, -0.05) is 6.07 Å². The van der Waals surface area contributed by atoms with E-state index < -0.39 is 12.0 Å². The highest BCUT2D eigenvalue weighted by Crippen LogP contribution is 2.25. The van der Waals surface area contributed by atoms with Gasteiger partial charge in [-0.3, -0.25) is 9.78 Å². The maximum absolute atomic E-state index is 12.5. The van der Waals surface area contributed by atoms with Crippen molar-refractivity contribution in [3.05, 3.63) is 71.2 Å². The summed E-state index contributed by atoms with van der Waals surface area (Å²) in [5.41, 5.74) is 3.02. The summed E-state index contributed by atoms with van der Waals surface area (Å²) < 4.78 is 5.12. The van der Waals surface area contributed by atoms with E-state index in [1.165, 1.54) is 6.20 Å². The van der Waals surface area contributed by atoms with Gasteiger partial charge in [-0.2, -0.15) is 4.98 Å². The molecule has 1 atom stereocenters. The Morgan fingerprint density at radius 2 is 2.15 bits per heavy atom. The van der Waals surface area contributed by atoms with E-state index in [1.807, 2.05) is 12.1 Å². The molecule has 10 heteroatoms. The number of fused-ring (bicyclic) bond motifs is 1. The fourth-order valence-electron chi connectivity index (χ4n) is 3.51. The number of esters is 1. The van der Waals surface area contributed by atoms with Crippen LogP contribution in [0.25, 0.3) is 0 Å².